The zero-order valence-corrected chi connectivity index (χ0v) is 23.6. The van der Waals surface area contributed by atoms with E-state index in [4.69, 9.17) is 4.74 Å². The number of phenols is 1. The van der Waals surface area contributed by atoms with E-state index < -0.39 is 48.2 Å². The summed E-state index contributed by atoms with van der Waals surface area (Å²) in [6.07, 6.45) is -0.355. The fraction of sp³-hybridized carbons (Fsp3) is 0.483. The average molecular weight is 528 g/mol. The minimum atomic E-state index is -1.34. The summed E-state index contributed by atoms with van der Waals surface area (Å²) in [6.45, 7) is 13.5. The SMILES string of the molecule is CCC(C)N(C(=O)C(CO)NC(=O)OC(C)(C)C)C(C(=O)Nc1c(C)cccc1C)c1ccc(O)c(C)c1. The van der Waals surface area contributed by atoms with E-state index in [1.807, 2.05) is 39.0 Å². The highest BCUT2D eigenvalue weighted by Crippen LogP contribution is 2.31. The van der Waals surface area contributed by atoms with Crippen molar-refractivity contribution in [2.75, 3.05) is 11.9 Å². The lowest BCUT2D eigenvalue weighted by Gasteiger charge is -2.38. The van der Waals surface area contributed by atoms with Gasteiger partial charge in [-0.05, 0) is 89.3 Å². The number of aryl methyl sites for hydroxylation is 3. The average Bonchev–Trinajstić information content (AvgIpc) is 2.83. The second-order valence-corrected chi connectivity index (χ2v) is 10.6. The van der Waals surface area contributed by atoms with Crippen LogP contribution < -0.4 is 10.6 Å². The van der Waals surface area contributed by atoms with E-state index in [1.165, 1.54) is 11.0 Å². The Morgan fingerprint density at radius 1 is 1.03 bits per heavy atom. The van der Waals surface area contributed by atoms with Crippen molar-refractivity contribution in [2.45, 2.75) is 85.5 Å². The standard InChI is InChI=1S/C29H41N3O6/c1-9-20(5)32(27(36)22(16-33)30-28(37)38-29(6,7)8)25(21-13-14-23(34)19(4)15-21)26(35)31-24-17(2)11-10-12-18(24)3/h10-15,20,22,25,33-34H,9,16H2,1-8H3,(H,30,37)(H,31,35). The Kier molecular flexibility index (Phi) is 10.3. The molecule has 9 heteroatoms. The number of amides is 3. The number of aromatic hydroxyl groups is 1. The first-order valence-electron chi connectivity index (χ1n) is 12.8. The molecule has 2 rings (SSSR count). The van der Waals surface area contributed by atoms with Gasteiger partial charge in [0.2, 0.25) is 5.91 Å². The van der Waals surface area contributed by atoms with Gasteiger partial charge in [0.25, 0.3) is 5.91 Å². The maximum atomic E-state index is 14.0. The van der Waals surface area contributed by atoms with Crippen molar-refractivity contribution in [3.05, 3.63) is 58.7 Å². The van der Waals surface area contributed by atoms with E-state index in [1.54, 1.807) is 46.8 Å². The van der Waals surface area contributed by atoms with Gasteiger partial charge >= 0.3 is 6.09 Å². The molecule has 9 nitrogen and oxygen atoms in total. The zero-order chi connectivity index (χ0) is 28.8. The van der Waals surface area contributed by atoms with E-state index in [-0.39, 0.29) is 5.75 Å². The molecule has 0 saturated heterocycles. The highest BCUT2D eigenvalue weighted by atomic mass is 16.6. The third kappa shape index (κ3) is 7.71. The minimum Gasteiger partial charge on any atom is -0.508 e. The van der Waals surface area contributed by atoms with Gasteiger partial charge in [0.15, 0.2) is 0 Å². The predicted octanol–water partition coefficient (Wildman–Crippen LogP) is 4.51. The van der Waals surface area contributed by atoms with Crippen LogP contribution in [0.25, 0.3) is 0 Å². The van der Waals surface area contributed by atoms with E-state index in [0.29, 0.717) is 23.2 Å². The molecule has 0 aliphatic heterocycles. The van der Waals surface area contributed by atoms with Gasteiger partial charge < -0.3 is 30.5 Å². The topological polar surface area (TPSA) is 128 Å². The zero-order valence-electron chi connectivity index (χ0n) is 23.6. The Labute approximate surface area is 225 Å². The van der Waals surface area contributed by atoms with Gasteiger partial charge in [-0.3, -0.25) is 9.59 Å². The first kappa shape index (κ1) is 30.6. The van der Waals surface area contributed by atoms with Gasteiger partial charge in [-0.25, -0.2) is 4.79 Å². The molecule has 0 fully saturated rings. The summed E-state index contributed by atoms with van der Waals surface area (Å²) in [5.74, 6) is -1.04. The number of rotatable bonds is 9. The van der Waals surface area contributed by atoms with E-state index >= 15 is 0 Å². The molecule has 0 aliphatic rings. The van der Waals surface area contributed by atoms with Crippen LogP contribution in [0.1, 0.15) is 69.3 Å². The van der Waals surface area contributed by atoms with E-state index in [2.05, 4.69) is 10.6 Å². The lowest BCUT2D eigenvalue weighted by atomic mass is 9.97. The predicted molar refractivity (Wildman–Crippen MR) is 147 cm³/mol. The smallest absolute Gasteiger partial charge is 0.408 e. The molecular formula is C29H41N3O6. The van der Waals surface area contributed by atoms with Gasteiger partial charge in [-0.1, -0.05) is 31.2 Å². The van der Waals surface area contributed by atoms with Crippen molar-refractivity contribution in [2.24, 2.45) is 0 Å². The first-order chi connectivity index (χ1) is 17.7. The number of nitrogens with zero attached hydrogens (tertiary/aromatic N) is 1. The van der Waals surface area contributed by atoms with Crippen molar-refractivity contribution >= 4 is 23.6 Å². The number of alkyl carbamates (subject to hydrolysis) is 1. The van der Waals surface area contributed by atoms with Gasteiger partial charge in [0.1, 0.15) is 23.4 Å². The van der Waals surface area contributed by atoms with Crippen LogP contribution in [0.3, 0.4) is 0 Å². The molecular weight excluding hydrogens is 486 g/mol. The summed E-state index contributed by atoms with van der Waals surface area (Å²) >= 11 is 0. The normalized spacial score (nSPS) is 13.7. The molecule has 3 unspecified atom stereocenters. The highest BCUT2D eigenvalue weighted by Gasteiger charge is 2.38. The second-order valence-electron chi connectivity index (χ2n) is 10.6. The summed E-state index contributed by atoms with van der Waals surface area (Å²) in [6, 6.07) is 7.48. The Morgan fingerprint density at radius 2 is 1.63 bits per heavy atom. The number of para-hydroxylation sites is 1. The lowest BCUT2D eigenvalue weighted by molar-refractivity contribution is -0.144. The monoisotopic (exact) mass is 527 g/mol. The number of anilines is 1. The first-order valence-corrected chi connectivity index (χ1v) is 12.8. The molecule has 0 saturated carbocycles. The van der Waals surface area contributed by atoms with Gasteiger partial charge in [0, 0.05) is 11.7 Å². The fourth-order valence-electron chi connectivity index (χ4n) is 4.10. The number of phenolic OH excluding ortho intramolecular Hbond substituents is 1. The molecule has 3 atom stereocenters. The lowest BCUT2D eigenvalue weighted by Crippen LogP contribution is -2.56. The summed E-state index contributed by atoms with van der Waals surface area (Å²) in [5.41, 5.74) is 2.57. The molecule has 0 heterocycles. The second kappa shape index (κ2) is 12.8. The number of ether oxygens (including phenoxy) is 1. The molecule has 4 N–H and O–H groups in total. The van der Waals surface area contributed by atoms with Crippen molar-refractivity contribution in [3.63, 3.8) is 0 Å². The fourth-order valence-corrected chi connectivity index (χ4v) is 4.10. The number of aliphatic hydroxyl groups excluding tert-OH is 1. The maximum Gasteiger partial charge on any atom is 0.408 e. The van der Waals surface area contributed by atoms with Gasteiger partial charge in [0.05, 0.1) is 6.61 Å². The number of carbonyl (C=O) groups excluding carboxylic acids is 3. The molecule has 208 valence electrons. The number of carbonyl (C=O) groups is 3. The number of aliphatic hydroxyl groups is 1. The Bertz CT molecular complexity index is 1140. The summed E-state index contributed by atoms with van der Waals surface area (Å²) in [4.78, 5) is 41.7. The number of benzene rings is 2. The summed E-state index contributed by atoms with van der Waals surface area (Å²) in [5, 5.41) is 25.6. The number of hydrogen-bond acceptors (Lipinski definition) is 6. The van der Waals surface area contributed by atoms with Crippen molar-refractivity contribution in [1.29, 1.82) is 0 Å². The minimum absolute atomic E-state index is 0.0592. The van der Waals surface area contributed by atoms with Gasteiger partial charge in [-0.15, -0.1) is 0 Å². The van der Waals surface area contributed by atoms with E-state index in [9.17, 15) is 24.6 Å². The molecule has 3 amide bonds. The molecule has 38 heavy (non-hydrogen) atoms. The Morgan fingerprint density at radius 3 is 2.13 bits per heavy atom. The van der Waals surface area contributed by atoms with Crippen LogP contribution in [0.2, 0.25) is 0 Å². The van der Waals surface area contributed by atoms with Crippen LogP contribution in [0, 0.1) is 20.8 Å². The number of hydrogen-bond donors (Lipinski definition) is 4. The van der Waals surface area contributed by atoms with Crippen LogP contribution in [-0.2, 0) is 14.3 Å². The third-order valence-corrected chi connectivity index (χ3v) is 6.28. The molecule has 0 bridgehead atoms. The number of nitrogens with one attached hydrogen (secondary N) is 2. The van der Waals surface area contributed by atoms with Gasteiger partial charge in [-0.2, -0.15) is 0 Å². The van der Waals surface area contributed by atoms with Crippen LogP contribution in [0.5, 0.6) is 5.75 Å². The molecule has 0 spiro atoms. The van der Waals surface area contributed by atoms with E-state index in [0.717, 1.165) is 11.1 Å². The molecule has 0 aromatic heterocycles. The maximum absolute atomic E-state index is 14.0. The van der Waals surface area contributed by atoms with Crippen molar-refractivity contribution in [1.82, 2.24) is 10.2 Å². The molecule has 2 aromatic carbocycles. The summed E-state index contributed by atoms with van der Waals surface area (Å²) < 4.78 is 5.27. The quantitative estimate of drug-likeness (QED) is 0.380. The molecule has 2 aromatic rings. The Balaban J connectivity index is 2.59. The Hall–Kier alpha value is -3.59. The largest absolute Gasteiger partial charge is 0.508 e. The third-order valence-electron chi connectivity index (χ3n) is 6.28. The highest BCUT2D eigenvalue weighted by molar-refractivity contribution is 6.00. The van der Waals surface area contributed by atoms with Crippen LogP contribution in [0.15, 0.2) is 36.4 Å². The van der Waals surface area contributed by atoms with Crippen LogP contribution in [0.4, 0.5) is 10.5 Å². The molecule has 0 radical (unpaired) electrons. The van der Waals surface area contributed by atoms with Crippen molar-refractivity contribution < 1.29 is 29.3 Å². The van der Waals surface area contributed by atoms with Crippen molar-refractivity contribution in [3.8, 4) is 5.75 Å². The molecule has 0 aliphatic carbocycles. The van der Waals surface area contributed by atoms with Crippen LogP contribution >= 0.6 is 0 Å². The summed E-state index contributed by atoms with van der Waals surface area (Å²) in [7, 11) is 0. The van der Waals surface area contributed by atoms with Crippen LogP contribution in [-0.4, -0.2) is 57.3 Å².